The fraction of sp³-hybridized carbons (Fsp3) is 0.133. The summed E-state index contributed by atoms with van der Waals surface area (Å²) in [5.74, 6) is -1.39. The van der Waals surface area contributed by atoms with Crippen LogP contribution in [0.2, 0.25) is 0 Å². The van der Waals surface area contributed by atoms with E-state index in [-0.39, 0.29) is 17.4 Å². The number of halogens is 1. The number of carboxylic acids is 1. The smallest absolute Gasteiger partial charge is 0.337 e. The van der Waals surface area contributed by atoms with Crippen molar-refractivity contribution in [2.75, 3.05) is 11.1 Å². The topological polar surface area (TPSA) is 75.3 Å². The lowest BCUT2D eigenvalue weighted by Crippen LogP contribution is -2.11. The molecule has 4 nitrogen and oxygen atoms in total. The van der Waals surface area contributed by atoms with E-state index in [0.29, 0.717) is 11.4 Å². The Balaban J connectivity index is 2.28. The highest BCUT2D eigenvalue weighted by atomic mass is 19.1. The average molecular weight is 274 g/mol. The van der Waals surface area contributed by atoms with Crippen LogP contribution in [0, 0.1) is 5.82 Å². The standard InChI is InChI=1S/C15H15FN2O2/c1-9(10-3-2-4-11(16)7-10)18-14-6-5-12(17)8-13(14)15(19)20/h2-9,18H,17H2,1H3,(H,19,20). The Morgan fingerprint density at radius 2 is 2.05 bits per heavy atom. The van der Waals surface area contributed by atoms with Crippen molar-refractivity contribution in [2.24, 2.45) is 0 Å². The molecule has 0 aliphatic carbocycles. The third kappa shape index (κ3) is 3.06. The van der Waals surface area contributed by atoms with Gasteiger partial charge >= 0.3 is 5.97 Å². The molecule has 104 valence electrons. The second kappa shape index (κ2) is 5.61. The quantitative estimate of drug-likeness (QED) is 0.748. The number of nitrogen functional groups attached to an aromatic ring is 1. The van der Waals surface area contributed by atoms with Crippen LogP contribution in [0.4, 0.5) is 15.8 Å². The van der Waals surface area contributed by atoms with Gasteiger partial charge in [-0.15, -0.1) is 0 Å². The second-order valence-corrected chi connectivity index (χ2v) is 4.53. The van der Waals surface area contributed by atoms with Crippen LogP contribution >= 0.6 is 0 Å². The van der Waals surface area contributed by atoms with Crippen LogP contribution in [0.15, 0.2) is 42.5 Å². The molecule has 0 fully saturated rings. The van der Waals surface area contributed by atoms with Crippen molar-refractivity contribution in [3.05, 3.63) is 59.4 Å². The van der Waals surface area contributed by atoms with E-state index in [4.69, 9.17) is 10.8 Å². The van der Waals surface area contributed by atoms with Crippen molar-refractivity contribution in [2.45, 2.75) is 13.0 Å². The number of aromatic carboxylic acids is 1. The zero-order valence-electron chi connectivity index (χ0n) is 10.9. The maximum absolute atomic E-state index is 13.2. The summed E-state index contributed by atoms with van der Waals surface area (Å²) >= 11 is 0. The van der Waals surface area contributed by atoms with Crippen LogP contribution in [0.1, 0.15) is 28.9 Å². The molecule has 0 radical (unpaired) electrons. The van der Waals surface area contributed by atoms with Crippen LogP contribution in [0.5, 0.6) is 0 Å². The van der Waals surface area contributed by atoms with E-state index in [2.05, 4.69) is 5.32 Å². The number of nitrogens with two attached hydrogens (primary N) is 1. The van der Waals surface area contributed by atoms with Gasteiger partial charge in [-0.25, -0.2) is 9.18 Å². The van der Waals surface area contributed by atoms with Crippen molar-refractivity contribution >= 4 is 17.3 Å². The molecule has 0 saturated carbocycles. The molecule has 0 saturated heterocycles. The molecule has 0 amide bonds. The van der Waals surface area contributed by atoms with Crippen molar-refractivity contribution < 1.29 is 14.3 Å². The molecule has 2 rings (SSSR count). The highest BCUT2D eigenvalue weighted by molar-refractivity contribution is 5.95. The van der Waals surface area contributed by atoms with E-state index >= 15 is 0 Å². The maximum Gasteiger partial charge on any atom is 0.337 e. The summed E-state index contributed by atoms with van der Waals surface area (Å²) in [6.07, 6.45) is 0. The number of hydrogen-bond donors (Lipinski definition) is 3. The minimum absolute atomic E-state index is 0.0910. The number of anilines is 2. The molecule has 0 aromatic heterocycles. The maximum atomic E-state index is 13.2. The van der Waals surface area contributed by atoms with Gasteiger partial charge in [0.2, 0.25) is 0 Å². The zero-order chi connectivity index (χ0) is 14.7. The Hall–Kier alpha value is -2.56. The molecule has 1 unspecified atom stereocenters. The van der Waals surface area contributed by atoms with Crippen LogP contribution in [0.3, 0.4) is 0 Å². The van der Waals surface area contributed by atoms with Crippen molar-refractivity contribution in [1.82, 2.24) is 0 Å². The number of benzene rings is 2. The third-order valence-corrected chi connectivity index (χ3v) is 2.99. The number of carboxylic acid groups (broad SMARTS) is 1. The lowest BCUT2D eigenvalue weighted by atomic mass is 10.1. The largest absolute Gasteiger partial charge is 0.478 e. The van der Waals surface area contributed by atoms with Gasteiger partial charge < -0.3 is 16.2 Å². The fourth-order valence-electron chi connectivity index (χ4n) is 1.96. The van der Waals surface area contributed by atoms with E-state index in [0.717, 1.165) is 5.56 Å². The predicted octanol–water partition coefficient (Wildman–Crippen LogP) is 3.28. The first-order chi connectivity index (χ1) is 9.47. The molecule has 5 heteroatoms. The highest BCUT2D eigenvalue weighted by Gasteiger charge is 2.13. The molecule has 0 aliphatic rings. The van der Waals surface area contributed by atoms with Gasteiger partial charge in [0.15, 0.2) is 0 Å². The van der Waals surface area contributed by atoms with E-state index in [1.165, 1.54) is 18.2 Å². The van der Waals surface area contributed by atoms with Gasteiger partial charge in [-0.3, -0.25) is 0 Å². The van der Waals surface area contributed by atoms with E-state index < -0.39 is 5.97 Å². The summed E-state index contributed by atoms with van der Waals surface area (Å²) in [5.41, 5.74) is 7.24. The molecular formula is C15H15FN2O2. The molecule has 20 heavy (non-hydrogen) atoms. The van der Waals surface area contributed by atoms with E-state index in [9.17, 15) is 9.18 Å². The Bertz CT molecular complexity index is 644. The number of carbonyl (C=O) groups is 1. The highest BCUT2D eigenvalue weighted by Crippen LogP contribution is 2.24. The van der Waals surface area contributed by atoms with Gasteiger partial charge in [0.1, 0.15) is 5.82 Å². The molecule has 0 spiro atoms. The summed E-state index contributed by atoms with van der Waals surface area (Å²) < 4.78 is 13.2. The Morgan fingerprint density at radius 3 is 2.70 bits per heavy atom. The number of nitrogens with one attached hydrogen (secondary N) is 1. The summed E-state index contributed by atoms with van der Waals surface area (Å²) in [7, 11) is 0. The number of rotatable bonds is 4. The van der Waals surface area contributed by atoms with Crippen LogP contribution < -0.4 is 11.1 Å². The minimum Gasteiger partial charge on any atom is -0.478 e. The normalized spacial score (nSPS) is 11.9. The second-order valence-electron chi connectivity index (χ2n) is 4.53. The Labute approximate surface area is 116 Å². The molecular weight excluding hydrogens is 259 g/mol. The summed E-state index contributed by atoms with van der Waals surface area (Å²) in [6, 6.07) is 10.6. The lowest BCUT2D eigenvalue weighted by Gasteiger charge is -2.17. The minimum atomic E-state index is -1.06. The molecule has 0 heterocycles. The molecule has 0 aliphatic heterocycles. The predicted molar refractivity (Wildman–Crippen MR) is 76.3 cm³/mol. The van der Waals surface area contributed by atoms with Crippen molar-refractivity contribution in [1.29, 1.82) is 0 Å². The summed E-state index contributed by atoms with van der Waals surface area (Å²) in [4.78, 5) is 11.2. The fourth-order valence-corrected chi connectivity index (χ4v) is 1.96. The molecule has 2 aromatic carbocycles. The first-order valence-electron chi connectivity index (χ1n) is 6.12. The first-order valence-corrected chi connectivity index (χ1v) is 6.12. The Kier molecular flexibility index (Phi) is 3.89. The van der Waals surface area contributed by atoms with Crippen LogP contribution in [-0.4, -0.2) is 11.1 Å². The SMILES string of the molecule is CC(Nc1ccc(N)cc1C(=O)O)c1cccc(F)c1. The lowest BCUT2D eigenvalue weighted by molar-refractivity contribution is 0.0698. The summed E-state index contributed by atoms with van der Waals surface area (Å²) in [6.45, 7) is 1.83. The zero-order valence-corrected chi connectivity index (χ0v) is 10.9. The third-order valence-electron chi connectivity index (χ3n) is 2.99. The number of hydrogen-bond acceptors (Lipinski definition) is 3. The van der Waals surface area contributed by atoms with Gasteiger partial charge in [0.05, 0.1) is 5.56 Å². The van der Waals surface area contributed by atoms with E-state index in [1.54, 1.807) is 24.3 Å². The Morgan fingerprint density at radius 1 is 1.30 bits per heavy atom. The van der Waals surface area contributed by atoms with Crippen molar-refractivity contribution in [3.63, 3.8) is 0 Å². The molecule has 1 atom stereocenters. The van der Waals surface area contributed by atoms with E-state index in [1.807, 2.05) is 6.92 Å². The van der Waals surface area contributed by atoms with Gasteiger partial charge in [-0.05, 0) is 42.8 Å². The summed E-state index contributed by atoms with van der Waals surface area (Å²) in [5, 5.41) is 12.2. The first kappa shape index (κ1) is 13.9. The van der Waals surface area contributed by atoms with Gasteiger partial charge in [-0.2, -0.15) is 0 Å². The average Bonchev–Trinajstić information content (AvgIpc) is 2.40. The molecule has 0 bridgehead atoms. The van der Waals surface area contributed by atoms with Crippen LogP contribution in [-0.2, 0) is 0 Å². The van der Waals surface area contributed by atoms with Crippen LogP contribution in [0.25, 0.3) is 0 Å². The molecule has 2 aromatic rings. The van der Waals surface area contributed by atoms with Gasteiger partial charge in [0, 0.05) is 17.4 Å². The molecule has 4 N–H and O–H groups in total. The monoisotopic (exact) mass is 274 g/mol. The van der Waals surface area contributed by atoms with Gasteiger partial charge in [0.25, 0.3) is 0 Å². The van der Waals surface area contributed by atoms with Crippen molar-refractivity contribution in [3.8, 4) is 0 Å². The van der Waals surface area contributed by atoms with Gasteiger partial charge in [-0.1, -0.05) is 12.1 Å².